The summed E-state index contributed by atoms with van der Waals surface area (Å²) in [5.41, 5.74) is 1.24. The van der Waals surface area contributed by atoms with E-state index in [0.29, 0.717) is 18.7 Å². The number of para-hydroxylation sites is 1. The Kier molecular flexibility index (Phi) is 5.33. The molecule has 1 rings (SSSR count). The average molecular weight is 221 g/mol. The predicted octanol–water partition coefficient (Wildman–Crippen LogP) is 3.53. The maximum absolute atomic E-state index is 5.63. The van der Waals surface area contributed by atoms with Crippen LogP contribution in [-0.4, -0.2) is 12.6 Å². The number of rotatable bonds is 6. The Morgan fingerprint density at radius 1 is 1.19 bits per heavy atom. The standard InChI is InChI=1S/C14H23NO/c1-5-11(3)15-12(4)13-9-7-8-10-14(13)16-6-2/h7-12,15H,5-6H2,1-4H3/t11-,12-/m0/s1. The van der Waals surface area contributed by atoms with Crippen molar-refractivity contribution in [1.82, 2.24) is 5.32 Å². The topological polar surface area (TPSA) is 21.3 Å². The zero-order chi connectivity index (χ0) is 12.0. The van der Waals surface area contributed by atoms with Crippen LogP contribution >= 0.6 is 0 Å². The first-order valence-corrected chi connectivity index (χ1v) is 6.16. The van der Waals surface area contributed by atoms with Crippen molar-refractivity contribution in [3.8, 4) is 5.75 Å². The Hall–Kier alpha value is -1.02. The van der Waals surface area contributed by atoms with E-state index in [1.807, 2.05) is 19.1 Å². The summed E-state index contributed by atoms with van der Waals surface area (Å²) in [7, 11) is 0. The fourth-order valence-electron chi connectivity index (χ4n) is 1.76. The molecule has 1 N–H and O–H groups in total. The van der Waals surface area contributed by atoms with Crippen molar-refractivity contribution in [3.63, 3.8) is 0 Å². The van der Waals surface area contributed by atoms with Gasteiger partial charge in [-0.1, -0.05) is 25.1 Å². The van der Waals surface area contributed by atoms with Crippen LogP contribution < -0.4 is 10.1 Å². The van der Waals surface area contributed by atoms with Crippen molar-refractivity contribution in [1.29, 1.82) is 0 Å². The Morgan fingerprint density at radius 2 is 1.88 bits per heavy atom. The lowest BCUT2D eigenvalue weighted by atomic mass is 10.1. The van der Waals surface area contributed by atoms with E-state index in [1.54, 1.807) is 0 Å². The first-order chi connectivity index (χ1) is 7.69. The number of nitrogens with one attached hydrogen (secondary N) is 1. The Morgan fingerprint density at radius 3 is 2.50 bits per heavy atom. The minimum Gasteiger partial charge on any atom is -0.494 e. The molecule has 2 nitrogen and oxygen atoms in total. The molecule has 0 spiro atoms. The molecular weight excluding hydrogens is 198 g/mol. The quantitative estimate of drug-likeness (QED) is 0.793. The van der Waals surface area contributed by atoms with Crippen molar-refractivity contribution < 1.29 is 4.74 Å². The third-order valence-corrected chi connectivity index (χ3v) is 2.83. The van der Waals surface area contributed by atoms with E-state index in [4.69, 9.17) is 4.74 Å². The highest BCUT2D eigenvalue weighted by atomic mass is 16.5. The van der Waals surface area contributed by atoms with Crippen LogP contribution in [0.3, 0.4) is 0 Å². The molecule has 0 aliphatic heterocycles. The van der Waals surface area contributed by atoms with E-state index in [-0.39, 0.29) is 0 Å². The van der Waals surface area contributed by atoms with Gasteiger partial charge in [0.2, 0.25) is 0 Å². The third kappa shape index (κ3) is 3.53. The van der Waals surface area contributed by atoms with Crippen LogP contribution in [0.1, 0.15) is 45.7 Å². The molecule has 1 aromatic rings. The second kappa shape index (κ2) is 6.54. The molecule has 1 aromatic carbocycles. The Balaban J connectivity index is 2.77. The van der Waals surface area contributed by atoms with E-state index in [0.717, 1.165) is 12.2 Å². The first-order valence-electron chi connectivity index (χ1n) is 6.16. The van der Waals surface area contributed by atoms with E-state index in [1.165, 1.54) is 5.56 Å². The van der Waals surface area contributed by atoms with Crippen molar-refractivity contribution in [2.45, 2.75) is 46.2 Å². The lowest BCUT2D eigenvalue weighted by Crippen LogP contribution is -2.28. The maximum atomic E-state index is 5.63. The largest absolute Gasteiger partial charge is 0.494 e. The van der Waals surface area contributed by atoms with Gasteiger partial charge in [-0.15, -0.1) is 0 Å². The third-order valence-electron chi connectivity index (χ3n) is 2.83. The van der Waals surface area contributed by atoms with Crippen LogP contribution in [0.15, 0.2) is 24.3 Å². The fraction of sp³-hybridized carbons (Fsp3) is 0.571. The summed E-state index contributed by atoms with van der Waals surface area (Å²) < 4.78 is 5.63. The van der Waals surface area contributed by atoms with Crippen molar-refractivity contribution in [3.05, 3.63) is 29.8 Å². The van der Waals surface area contributed by atoms with Gasteiger partial charge in [-0.3, -0.25) is 0 Å². The SMILES string of the molecule is CCOc1ccccc1[C@H](C)N[C@@H](C)CC. The van der Waals surface area contributed by atoms with Crippen LogP contribution in [0.5, 0.6) is 5.75 Å². The fourth-order valence-corrected chi connectivity index (χ4v) is 1.76. The van der Waals surface area contributed by atoms with Gasteiger partial charge in [-0.25, -0.2) is 0 Å². The molecule has 16 heavy (non-hydrogen) atoms. The molecule has 0 amide bonds. The molecule has 0 unspecified atom stereocenters. The molecule has 2 heteroatoms. The molecule has 0 radical (unpaired) electrons. The number of hydrogen-bond acceptors (Lipinski definition) is 2. The maximum Gasteiger partial charge on any atom is 0.124 e. The molecule has 0 aromatic heterocycles. The number of benzene rings is 1. The van der Waals surface area contributed by atoms with Gasteiger partial charge in [0.05, 0.1) is 6.61 Å². The molecule has 0 fully saturated rings. The van der Waals surface area contributed by atoms with Crippen molar-refractivity contribution in [2.24, 2.45) is 0 Å². The zero-order valence-electron chi connectivity index (χ0n) is 10.8. The lowest BCUT2D eigenvalue weighted by Gasteiger charge is -2.21. The normalized spacial score (nSPS) is 14.5. The van der Waals surface area contributed by atoms with Gasteiger partial charge in [0.15, 0.2) is 0 Å². The molecule has 2 atom stereocenters. The van der Waals surface area contributed by atoms with E-state index < -0.39 is 0 Å². The molecule has 0 saturated heterocycles. The summed E-state index contributed by atoms with van der Waals surface area (Å²) in [5, 5.41) is 3.56. The summed E-state index contributed by atoms with van der Waals surface area (Å²) in [4.78, 5) is 0. The highest BCUT2D eigenvalue weighted by Gasteiger charge is 2.12. The minimum atomic E-state index is 0.331. The molecule has 0 heterocycles. The van der Waals surface area contributed by atoms with E-state index in [2.05, 4.69) is 38.2 Å². The average Bonchev–Trinajstić information content (AvgIpc) is 2.30. The molecule has 90 valence electrons. The second-order valence-corrected chi connectivity index (χ2v) is 4.17. The lowest BCUT2D eigenvalue weighted by molar-refractivity contribution is 0.330. The Labute approximate surface area is 99.0 Å². The van der Waals surface area contributed by atoms with Gasteiger partial charge in [-0.2, -0.15) is 0 Å². The van der Waals surface area contributed by atoms with Gasteiger partial charge in [-0.05, 0) is 33.3 Å². The highest BCUT2D eigenvalue weighted by molar-refractivity contribution is 5.35. The zero-order valence-corrected chi connectivity index (χ0v) is 10.8. The molecule has 0 saturated carbocycles. The van der Waals surface area contributed by atoms with Gasteiger partial charge in [0.25, 0.3) is 0 Å². The summed E-state index contributed by atoms with van der Waals surface area (Å²) in [6, 6.07) is 9.11. The molecule has 0 aliphatic carbocycles. The summed E-state index contributed by atoms with van der Waals surface area (Å²) in [5.74, 6) is 0.994. The van der Waals surface area contributed by atoms with Crippen molar-refractivity contribution >= 4 is 0 Å². The van der Waals surface area contributed by atoms with Crippen LogP contribution in [0.4, 0.5) is 0 Å². The Bertz CT molecular complexity index is 311. The number of hydrogen-bond donors (Lipinski definition) is 1. The van der Waals surface area contributed by atoms with Crippen LogP contribution in [-0.2, 0) is 0 Å². The molecule has 0 bridgehead atoms. The van der Waals surface area contributed by atoms with Crippen LogP contribution in [0.2, 0.25) is 0 Å². The van der Waals surface area contributed by atoms with Crippen LogP contribution in [0.25, 0.3) is 0 Å². The van der Waals surface area contributed by atoms with Gasteiger partial charge >= 0.3 is 0 Å². The van der Waals surface area contributed by atoms with Gasteiger partial charge < -0.3 is 10.1 Å². The summed E-state index contributed by atoms with van der Waals surface area (Å²) in [6.07, 6.45) is 1.14. The summed E-state index contributed by atoms with van der Waals surface area (Å²) in [6.45, 7) is 9.32. The number of ether oxygens (including phenoxy) is 1. The van der Waals surface area contributed by atoms with Crippen molar-refractivity contribution in [2.75, 3.05) is 6.61 Å². The van der Waals surface area contributed by atoms with E-state index in [9.17, 15) is 0 Å². The van der Waals surface area contributed by atoms with Crippen LogP contribution in [0, 0.1) is 0 Å². The van der Waals surface area contributed by atoms with E-state index >= 15 is 0 Å². The summed E-state index contributed by atoms with van der Waals surface area (Å²) >= 11 is 0. The predicted molar refractivity (Wildman–Crippen MR) is 68.9 cm³/mol. The first kappa shape index (κ1) is 13.0. The molecule has 0 aliphatic rings. The van der Waals surface area contributed by atoms with Gasteiger partial charge in [0.1, 0.15) is 5.75 Å². The highest BCUT2D eigenvalue weighted by Crippen LogP contribution is 2.25. The minimum absolute atomic E-state index is 0.331. The molecular formula is C14H23NO. The van der Waals surface area contributed by atoms with Gasteiger partial charge in [0, 0.05) is 17.6 Å². The monoisotopic (exact) mass is 221 g/mol. The smallest absolute Gasteiger partial charge is 0.124 e. The second-order valence-electron chi connectivity index (χ2n) is 4.17.